The molecule has 0 aliphatic carbocycles. The Kier molecular flexibility index (Phi) is 7.99. The van der Waals surface area contributed by atoms with Gasteiger partial charge in [-0.05, 0) is 24.6 Å². The zero-order valence-electron chi connectivity index (χ0n) is 17.2. The Bertz CT molecular complexity index is 764. The number of carbonyl (C=O) groups excluding carboxylic acids is 2. The van der Waals surface area contributed by atoms with E-state index in [9.17, 15) is 9.59 Å². The first kappa shape index (κ1) is 21.4. The summed E-state index contributed by atoms with van der Waals surface area (Å²) < 4.78 is 0. The van der Waals surface area contributed by atoms with Crippen molar-refractivity contribution in [2.75, 3.05) is 36.4 Å². The van der Waals surface area contributed by atoms with Crippen molar-refractivity contribution in [3.8, 4) is 0 Å². The number of pyridine rings is 1. The van der Waals surface area contributed by atoms with E-state index in [-0.39, 0.29) is 11.8 Å². The predicted octanol–water partition coefficient (Wildman–Crippen LogP) is 3.27. The Morgan fingerprint density at radius 1 is 1.00 bits per heavy atom. The van der Waals surface area contributed by atoms with Gasteiger partial charge in [0.15, 0.2) is 0 Å². The fourth-order valence-electron chi connectivity index (χ4n) is 3.00. The number of piperazine rings is 1. The number of aryl methyl sites for hydroxylation is 1. The van der Waals surface area contributed by atoms with Crippen molar-refractivity contribution in [3.05, 3.63) is 53.7 Å². The van der Waals surface area contributed by atoms with Gasteiger partial charge in [-0.15, -0.1) is 0 Å². The molecule has 2 aromatic rings. The normalized spacial score (nSPS) is 13.4. The summed E-state index contributed by atoms with van der Waals surface area (Å²) >= 11 is 0. The summed E-state index contributed by atoms with van der Waals surface area (Å²) in [7, 11) is 0. The maximum absolute atomic E-state index is 12.2. The molecule has 1 N–H and O–H groups in total. The molecule has 1 aromatic carbocycles. The van der Waals surface area contributed by atoms with Crippen LogP contribution in [0.5, 0.6) is 0 Å². The molecule has 0 bridgehead atoms. The molecule has 1 aromatic heterocycles. The lowest BCUT2D eigenvalue weighted by Gasteiger charge is -2.35. The molecule has 0 atom stereocenters. The van der Waals surface area contributed by atoms with Gasteiger partial charge >= 0.3 is 0 Å². The molecule has 1 aliphatic rings. The van der Waals surface area contributed by atoms with Crippen molar-refractivity contribution in [2.24, 2.45) is 0 Å². The minimum atomic E-state index is -0.0795. The molecule has 1 aliphatic heterocycles. The molecule has 0 spiro atoms. The van der Waals surface area contributed by atoms with E-state index in [1.54, 1.807) is 13.1 Å². The summed E-state index contributed by atoms with van der Waals surface area (Å²) in [4.78, 5) is 31.9. The largest absolute Gasteiger partial charge is 0.367 e. The van der Waals surface area contributed by atoms with Crippen LogP contribution >= 0.6 is 0 Å². The van der Waals surface area contributed by atoms with Crippen LogP contribution in [0.25, 0.3) is 0 Å². The highest BCUT2D eigenvalue weighted by Gasteiger charge is 2.19. The summed E-state index contributed by atoms with van der Waals surface area (Å²) in [5.41, 5.74) is 3.16. The lowest BCUT2D eigenvalue weighted by atomic mass is 10.1. The molecule has 0 saturated carbocycles. The topological polar surface area (TPSA) is 65.5 Å². The molecule has 2 amide bonds. The van der Waals surface area contributed by atoms with Crippen molar-refractivity contribution in [3.63, 3.8) is 0 Å². The van der Waals surface area contributed by atoms with Crippen LogP contribution in [0.15, 0.2) is 42.6 Å². The van der Waals surface area contributed by atoms with E-state index in [0.717, 1.165) is 37.4 Å². The zero-order chi connectivity index (χ0) is 20.5. The molecule has 0 unspecified atom stereocenters. The summed E-state index contributed by atoms with van der Waals surface area (Å²) in [6.45, 7) is 10.7. The number of carbonyl (C=O) groups is 2. The third-order valence-electron chi connectivity index (χ3n) is 4.59. The molecule has 6 heteroatoms. The summed E-state index contributed by atoms with van der Waals surface area (Å²) in [5, 5.41) is 2.84. The second kappa shape index (κ2) is 10.4. The van der Waals surface area contributed by atoms with Crippen LogP contribution in [0, 0.1) is 6.92 Å². The maximum atomic E-state index is 12.2. The predicted molar refractivity (Wildman–Crippen MR) is 114 cm³/mol. The van der Waals surface area contributed by atoms with Gasteiger partial charge in [0.2, 0.25) is 11.8 Å². The Balaban J connectivity index is 0.00000136. The standard InChI is InChI=1S/C20H24N4O2.C2H6/c1-15-3-5-17(6-4-15)13-20(26)22-19-8-7-18(14-21-19)24-11-9-23(10-12-24)16(2)25;1-2/h3-8,14H,9-13H2,1-2H3,(H,21,22,26);1-2H3. The first-order valence-electron chi connectivity index (χ1n) is 9.83. The van der Waals surface area contributed by atoms with E-state index in [4.69, 9.17) is 0 Å². The molecule has 0 radical (unpaired) electrons. The average molecular weight is 383 g/mol. The Morgan fingerprint density at radius 2 is 1.64 bits per heavy atom. The van der Waals surface area contributed by atoms with Crippen LogP contribution in [0.1, 0.15) is 31.9 Å². The first-order valence-corrected chi connectivity index (χ1v) is 9.83. The van der Waals surface area contributed by atoms with Gasteiger partial charge in [-0.25, -0.2) is 4.98 Å². The SMILES string of the molecule is CC.CC(=O)N1CCN(c2ccc(NC(=O)Cc3ccc(C)cc3)nc2)CC1. The van der Waals surface area contributed by atoms with Gasteiger partial charge in [0.1, 0.15) is 5.82 Å². The number of amides is 2. The van der Waals surface area contributed by atoms with Gasteiger partial charge in [0.05, 0.1) is 18.3 Å². The van der Waals surface area contributed by atoms with Crippen LogP contribution in [0.3, 0.4) is 0 Å². The van der Waals surface area contributed by atoms with E-state index < -0.39 is 0 Å². The molecular formula is C22H30N4O2. The Labute approximate surface area is 167 Å². The highest BCUT2D eigenvalue weighted by molar-refractivity contribution is 5.91. The van der Waals surface area contributed by atoms with Crippen LogP contribution < -0.4 is 10.2 Å². The Hall–Kier alpha value is -2.89. The lowest BCUT2D eigenvalue weighted by molar-refractivity contribution is -0.129. The van der Waals surface area contributed by atoms with Crippen molar-refractivity contribution in [1.82, 2.24) is 9.88 Å². The van der Waals surface area contributed by atoms with E-state index >= 15 is 0 Å². The molecule has 2 heterocycles. The lowest BCUT2D eigenvalue weighted by Crippen LogP contribution is -2.48. The zero-order valence-corrected chi connectivity index (χ0v) is 17.2. The third-order valence-corrected chi connectivity index (χ3v) is 4.59. The number of anilines is 2. The number of rotatable bonds is 4. The Morgan fingerprint density at radius 3 is 2.18 bits per heavy atom. The smallest absolute Gasteiger partial charge is 0.229 e. The van der Waals surface area contributed by atoms with Gasteiger partial charge in [0.25, 0.3) is 0 Å². The van der Waals surface area contributed by atoms with Crippen LogP contribution in [0.4, 0.5) is 11.5 Å². The van der Waals surface area contributed by atoms with Gasteiger partial charge in [-0.2, -0.15) is 0 Å². The minimum absolute atomic E-state index is 0.0795. The molecule has 3 rings (SSSR count). The van der Waals surface area contributed by atoms with Crippen LogP contribution in [0.2, 0.25) is 0 Å². The summed E-state index contributed by atoms with van der Waals surface area (Å²) in [6, 6.07) is 11.7. The van der Waals surface area contributed by atoms with Crippen LogP contribution in [-0.2, 0) is 16.0 Å². The van der Waals surface area contributed by atoms with Crippen LogP contribution in [-0.4, -0.2) is 47.9 Å². The second-order valence-corrected chi connectivity index (χ2v) is 6.61. The van der Waals surface area contributed by atoms with Crippen molar-refractivity contribution in [1.29, 1.82) is 0 Å². The van der Waals surface area contributed by atoms with Crippen molar-refractivity contribution >= 4 is 23.3 Å². The molecule has 6 nitrogen and oxygen atoms in total. The van der Waals surface area contributed by atoms with Crippen molar-refractivity contribution < 1.29 is 9.59 Å². The fourth-order valence-corrected chi connectivity index (χ4v) is 3.00. The highest BCUT2D eigenvalue weighted by Crippen LogP contribution is 2.17. The van der Waals surface area contributed by atoms with Gasteiger partial charge in [0, 0.05) is 33.1 Å². The average Bonchev–Trinajstić information content (AvgIpc) is 2.72. The maximum Gasteiger partial charge on any atom is 0.229 e. The van der Waals surface area contributed by atoms with Gasteiger partial charge in [-0.3, -0.25) is 9.59 Å². The highest BCUT2D eigenvalue weighted by atomic mass is 16.2. The molecule has 150 valence electrons. The van der Waals surface area contributed by atoms with Gasteiger partial charge in [-0.1, -0.05) is 43.7 Å². The van der Waals surface area contributed by atoms with Crippen molar-refractivity contribution in [2.45, 2.75) is 34.1 Å². The molecule has 1 saturated heterocycles. The number of nitrogens with zero attached hydrogens (tertiary/aromatic N) is 3. The first-order chi connectivity index (χ1) is 13.5. The quantitative estimate of drug-likeness (QED) is 0.881. The summed E-state index contributed by atoms with van der Waals surface area (Å²) in [5.74, 6) is 0.590. The van der Waals surface area contributed by atoms with E-state index in [0.29, 0.717) is 12.2 Å². The molecule has 28 heavy (non-hydrogen) atoms. The van der Waals surface area contributed by atoms with E-state index in [1.807, 2.05) is 62.1 Å². The minimum Gasteiger partial charge on any atom is -0.367 e. The molecule has 1 fully saturated rings. The third kappa shape index (κ3) is 6.08. The van der Waals surface area contributed by atoms with E-state index in [2.05, 4.69) is 15.2 Å². The number of nitrogens with one attached hydrogen (secondary N) is 1. The number of benzene rings is 1. The molecular weight excluding hydrogens is 352 g/mol. The fraction of sp³-hybridized carbons (Fsp3) is 0.409. The number of hydrogen-bond donors (Lipinski definition) is 1. The summed E-state index contributed by atoms with van der Waals surface area (Å²) in [6.07, 6.45) is 2.10. The van der Waals surface area contributed by atoms with Gasteiger partial charge < -0.3 is 15.1 Å². The monoisotopic (exact) mass is 382 g/mol. The number of aromatic nitrogens is 1. The van der Waals surface area contributed by atoms with E-state index in [1.165, 1.54) is 5.56 Å². The second-order valence-electron chi connectivity index (χ2n) is 6.61. The number of hydrogen-bond acceptors (Lipinski definition) is 4.